The second-order valence-electron chi connectivity index (χ2n) is 4.30. The monoisotopic (exact) mass is 304 g/mol. The lowest BCUT2D eigenvalue weighted by atomic mass is 10.3. The number of nitrogens with one attached hydrogen (secondary N) is 1. The van der Waals surface area contributed by atoms with Gasteiger partial charge in [-0.2, -0.15) is 0 Å². The predicted molar refractivity (Wildman–Crippen MR) is 75.3 cm³/mol. The van der Waals surface area contributed by atoms with Gasteiger partial charge >= 0.3 is 11.9 Å². The van der Waals surface area contributed by atoms with Crippen molar-refractivity contribution in [3.05, 3.63) is 58.3 Å². The molecule has 8 nitrogen and oxygen atoms in total. The summed E-state index contributed by atoms with van der Waals surface area (Å²) in [6.07, 6.45) is -1.09. The summed E-state index contributed by atoms with van der Waals surface area (Å²) >= 11 is 0. The van der Waals surface area contributed by atoms with E-state index in [9.17, 15) is 19.7 Å². The van der Waals surface area contributed by atoms with Crippen molar-refractivity contribution in [2.45, 2.75) is 13.0 Å². The Morgan fingerprint density at radius 3 is 2.50 bits per heavy atom. The third-order valence-electron chi connectivity index (χ3n) is 2.67. The SMILES string of the molecule is C[C@@H](OC(=O)c1ccc([N+](=O)[O-])o1)C(=O)Nc1ccccc1. The van der Waals surface area contributed by atoms with Gasteiger partial charge in [-0.3, -0.25) is 14.9 Å². The molecule has 2 rings (SSSR count). The van der Waals surface area contributed by atoms with Gasteiger partial charge in [0, 0.05) is 5.69 Å². The highest BCUT2D eigenvalue weighted by molar-refractivity contribution is 5.96. The largest absolute Gasteiger partial charge is 0.447 e. The van der Waals surface area contributed by atoms with Crippen molar-refractivity contribution >= 4 is 23.4 Å². The van der Waals surface area contributed by atoms with Crippen LogP contribution in [-0.4, -0.2) is 22.9 Å². The predicted octanol–water partition coefficient (Wildman–Crippen LogP) is 2.37. The summed E-state index contributed by atoms with van der Waals surface area (Å²) in [7, 11) is 0. The number of esters is 1. The molecule has 0 unspecified atom stereocenters. The van der Waals surface area contributed by atoms with Crippen LogP contribution in [0.4, 0.5) is 11.6 Å². The number of amides is 1. The van der Waals surface area contributed by atoms with Gasteiger partial charge in [0.15, 0.2) is 6.10 Å². The fourth-order valence-electron chi connectivity index (χ4n) is 1.57. The Labute approximate surface area is 124 Å². The number of anilines is 1. The number of nitrogens with zero attached hydrogens (tertiary/aromatic N) is 1. The Bertz CT molecular complexity index is 694. The van der Waals surface area contributed by atoms with E-state index < -0.39 is 28.8 Å². The van der Waals surface area contributed by atoms with Gasteiger partial charge < -0.3 is 14.5 Å². The third-order valence-corrected chi connectivity index (χ3v) is 2.67. The zero-order valence-corrected chi connectivity index (χ0v) is 11.5. The molecule has 0 fully saturated rings. The molecule has 0 radical (unpaired) electrons. The number of hydrogen-bond donors (Lipinski definition) is 1. The maximum Gasteiger partial charge on any atom is 0.433 e. The first-order valence-corrected chi connectivity index (χ1v) is 6.28. The molecule has 1 aromatic carbocycles. The van der Waals surface area contributed by atoms with Crippen molar-refractivity contribution in [1.29, 1.82) is 0 Å². The first kappa shape index (κ1) is 15.2. The molecule has 0 aliphatic rings. The number of nitro groups is 1. The van der Waals surface area contributed by atoms with Crippen molar-refractivity contribution in [1.82, 2.24) is 0 Å². The van der Waals surface area contributed by atoms with Gasteiger partial charge in [0.1, 0.15) is 4.92 Å². The molecule has 0 spiro atoms. The number of hydrogen-bond acceptors (Lipinski definition) is 6. The van der Waals surface area contributed by atoms with Crippen LogP contribution in [0, 0.1) is 10.1 Å². The highest BCUT2D eigenvalue weighted by Gasteiger charge is 2.23. The van der Waals surface area contributed by atoms with E-state index >= 15 is 0 Å². The number of ether oxygens (including phenoxy) is 1. The summed E-state index contributed by atoms with van der Waals surface area (Å²) < 4.78 is 9.60. The van der Waals surface area contributed by atoms with Crippen molar-refractivity contribution in [2.75, 3.05) is 5.32 Å². The minimum absolute atomic E-state index is 0.342. The molecule has 0 aliphatic heterocycles. The van der Waals surface area contributed by atoms with E-state index in [0.717, 1.165) is 12.1 Å². The molecule has 1 amide bonds. The van der Waals surface area contributed by atoms with Gasteiger partial charge in [-0.05, 0) is 25.1 Å². The number of benzene rings is 1. The number of para-hydroxylation sites is 1. The summed E-state index contributed by atoms with van der Waals surface area (Å²) in [5, 5.41) is 13.0. The van der Waals surface area contributed by atoms with Crippen LogP contribution in [-0.2, 0) is 9.53 Å². The second-order valence-corrected chi connectivity index (χ2v) is 4.30. The topological polar surface area (TPSA) is 112 Å². The summed E-state index contributed by atoms with van der Waals surface area (Å²) in [4.78, 5) is 33.3. The summed E-state index contributed by atoms with van der Waals surface area (Å²) in [5.41, 5.74) is 0.559. The highest BCUT2D eigenvalue weighted by Crippen LogP contribution is 2.17. The third kappa shape index (κ3) is 3.69. The number of rotatable bonds is 5. The molecule has 1 aromatic heterocycles. The van der Waals surface area contributed by atoms with Gasteiger partial charge in [0.25, 0.3) is 5.91 Å². The van der Waals surface area contributed by atoms with Gasteiger partial charge in [0.05, 0.1) is 6.07 Å². The zero-order valence-electron chi connectivity index (χ0n) is 11.5. The maximum absolute atomic E-state index is 11.9. The normalized spacial score (nSPS) is 11.5. The van der Waals surface area contributed by atoms with E-state index in [1.54, 1.807) is 30.3 Å². The smallest absolute Gasteiger partial charge is 0.433 e. The average molecular weight is 304 g/mol. The van der Waals surface area contributed by atoms with Crippen LogP contribution in [0.5, 0.6) is 0 Å². The fourth-order valence-corrected chi connectivity index (χ4v) is 1.57. The van der Waals surface area contributed by atoms with Gasteiger partial charge in [0.2, 0.25) is 5.76 Å². The van der Waals surface area contributed by atoms with Crippen molar-refractivity contribution in [3.63, 3.8) is 0 Å². The summed E-state index contributed by atoms with van der Waals surface area (Å²) in [6.45, 7) is 1.38. The first-order valence-electron chi connectivity index (χ1n) is 6.28. The van der Waals surface area contributed by atoms with E-state index in [1.165, 1.54) is 6.92 Å². The lowest BCUT2D eigenvalue weighted by molar-refractivity contribution is -0.402. The van der Waals surface area contributed by atoms with Gasteiger partial charge in [-0.25, -0.2) is 4.79 Å². The fraction of sp³-hybridized carbons (Fsp3) is 0.143. The molecule has 0 saturated carbocycles. The minimum atomic E-state index is -1.09. The molecule has 0 saturated heterocycles. The lowest BCUT2D eigenvalue weighted by Gasteiger charge is -2.12. The Balaban J connectivity index is 1.95. The van der Waals surface area contributed by atoms with E-state index in [0.29, 0.717) is 5.69 Å². The Hall–Kier alpha value is -3.16. The molecular weight excluding hydrogens is 292 g/mol. The molecular formula is C14H12N2O6. The second kappa shape index (κ2) is 6.53. The Kier molecular flexibility index (Phi) is 4.52. The standard InChI is InChI=1S/C14H12N2O6/c1-9(13(17)15-10-5-3-2-4-6-10)21-14(18)11-7-8-12(22-11)16(19)20/h2-9H,1H3,(H,15,17)/t9-/m1/s1. The number of furan rings is 1. The quantitative estimate of drug-likeness (QED) is 0.515. The number of carbonyl (C=O) groups is 2. The molecule has 22 heavy (non-hydrogen) atoms. The van der Waals surface area contributed by atoms with E-state index in [1.807, 2.05) is 0 Å². The van der Waals surface area contributed by atoms with Crippen LogP contribution >= 0.6 is 0 Å². The highest BCUT2D eigenvalue weighted by atomic mass is 16.7. The van der Waals surface area contributed by atoms with Crippen LogP contribution in [0.25, 0.3) is 0 Å². The van der Waals surface area contributed by atoms with Crippen LogP contribution in [0.15, 0.2) is 46.9 Å². The lowest BCUT2D eigenvalue weighted by Crippen LogP contribution is -2.29. The van der Waals surface area contributed by atoms with Crippen molar-refractivity contribution in [2.24, 2.45) is 0 Å². The molecule has 8 heteroatoms. The molecule has 1 N–H and O–H groups in total. The van der Waals surface area contributed by atoms with Crippen LogP contribution in [0.2, 0.25) is 0 Å². The first-order chi connectivity index (χ1) is 10.5. The summed E-state index contributed by atoms with van der Waals surface area (Å²) in [5.74, 6) is -2.40. The Morgan fingerprint density at radius 2 is 1.91 bits per heavy atom. The van der Waals surface area contributed by atoms with E-state index in [2.05, 4.69) is 5.32 Å². The molecule has 1 atom stereocenters. The van der Waals surface area contributed by atoms with Crippen molar-refractivity contribution < 1.29 is 23.7 Å². The van der Waals surface area contributed by atoms with Crippen LogP contribution in [0.3, 0.4) is 0 Å². The maximum atomic E-state index is 11.9. The van der Waals surface area contributed by atoms with Crippen LogP contribution < -0.4 is 5.32 Å². The zero-order chi connectivity index (χ0) is 16.1. The number of carbonyl (C=O) groups excluding carboxylic acids is 2. The average Bonchev–Trinajstić information content (AvgIpc) is 2.98. The van der Waals surface area contributed by atoms with Crippen LogP contribution in [0.1, 0.15) is 17.5 Å². The molecule has 1 heterocycles. The van der Waals surface area contributed by atoms with Crippen molar-refractivity contribution in [3.8, 4) is 0 Å². The van der Waals surface area contributed by atoms with Gasteiger partial charge in [-0.15, -0.1) is 0 Å². The summed E-state index contributed by atoms with van der Waals surface area (Å²) in [6, 6.07) is 10.8. The molecule has 0 bridgehead atoms. The van der Waals surface area contributed by atoms with E-state index in [-0.39, 0.29) is 5.76 Å². The molecule has 0 aliphatic carbocycles. The molecule has 2 aromatic rings. The minimum Gasteiger partial charge on any atom is -0.447 e. The Morgan fingerprint density at radius 1 is 1.23 bits per heavy atom. The van der Waals surface area contributed by atoms with Gasteiger partial charge in [-0.1, -0.05) is 18.2 Å². The molecule has 114 valence electrons. The van der Waals surface area contributed by atoms with E-state index in [4.69, 9.17) is 9.15 Å².